The monoisotopic (exact) mass is 245 g/mol. The zero-order valence-electron chi connectivity index (χ0n) is 10.9. The molecule has 0 radical (unpaired) electrons. The molecule has 19 heavy (non-hydrogen) atoms. The molecule has 0 spiro atoms. The van der Waals surface area contributed by atoms with Gasteiger partial charge in [0, 0.05) is 12.0 Å². The van der Waals surface area contributed by atoms with E-state index in [1.54, 1.807) is 0 Å². The Bertz CT molecular complexity index is 626. The highest BCUT2D eigenvalue weighted by atomic mass is 14.3. The maximum Gasteiger partial charge on any atom is 0.0903 e. The molecule has 1 nitrogen and oxygen atoms in total. The maximum atomic E-state index is 9.42. The van der Waals surface area contributed by atoms with Gasteiger partial charge in [0.15, 0.2) is 0 Å². The van der Waals surface area contributed by atoms with Crippen LogP contribution in [-0.2, 0) is 5.41 Å². The van der Waals surface area contributed by atoms with Gasteiger partial charge in [0.05, 0.1) is 11.5 Å². The van der Waals surface area contributed by atoms with Crippen molar-refractivity contribution < 1.29 is 0 Å². The van der Waals surface area contributed by atoms with Crippen molar-refractivity contribution in [1.82, 2.24) is 0 Å². The normalized spacial score (nSPS) is 12.6. The lowest BCUT2D eigenvalue weighted by Gasteiger charge is -2.18. The minimum Gasteiger partial charge on any atom is -0.197 e. The van der Waals surface area contributed by atoms with Gasteiger partial charge in [-0.1, -0.05) is 60.4 Å². The van der Waals surface area contributed by atoms with Crippen molar-refractivity contribution in [2.45, 2.75) is 18.8 Å². The van der Waals surface area contributed by atoms with Gasteiger partial charge in [-0.15, -0.1) is 0 Å². The van der Waals surface area contributed by atoms with Gasteiger partial charge in [0.2, 0.25) is 0 Å². The Morgan fingerprint density at radius 1 is 0.947 bits per heavy atom. The molecule has 0 bridgehead atoms. The third kappa shape index (κ3) is 3.24. The molecule has 2 rings (SSSR count). The Morgan fingerprint density at radius 2 is 1.53 bits per heavy atom. The predicted molar refractivity (Wildman–Crippen MR) is 77.3 cm³/mol. The molecular weight excluding hydrogens is 230 g/mol. The second-order valence-electron chi connectivity index (χ2n) is 4.65. The topological polar surface area (TPSA) is 23.8 Å². The van der Waals surface area contributed by atoms with Crippen LogP contribution in [0.25, 0.3) is 0 Å². The van der Waals surface area contributed by atoms with E-state index < -0.39 is 5.41 Å². The number of rotatable bonds is 2. The third-order valence-corrected chi connectivity index (χ3v) is 3.11. The molecule has 2 aromatic rings. The summed E-state index contributed by atoms with van der Waals surface area (Å²) in [6.07, 6.45) is 0.530. The van der Waals surface area contributed by atoms with Crippen molar-refractivity contribution in [1.29, 1.82) is 5.26 Å². The summed E-state index contributed by atoms with van der Waals surface area (Å²) < 4.78 is 0. The fourth-order valence-electron chi connectivity index (χ4n) is 1.86. The molecule has 1 unspecified atom stereocenters. The highest BCUT2D eigenvalue weighted by molar-refractivity contribution is 5.37. The highest BCUT2D eigenvalue weighted by Gasteiger charge is 2.24. The average molecular weight is 245 g/mol. The quantitative estimate of drug-likeness (QED) is 0.736. The van der Waals surface area contributed by atoms with Crippen LogP contribution in [0.2, 0.25) is 0 Å². The molecule has 0 saturated heterocycles. The minimum atomic E-state index is -0.553. The Kier molecular flexibility index (Phi) is 4.01. The molecule has 1 atom stereocenters. The minimum absolute atomic E-state index is 0.530. The van der Waals surface area contributed by atoms with Crippen LogP contribution in [0.5, 0.6) is 0 Å². The van der Waals surface area contributed by atoms with Crippen LogP contribution >= 0.6 is 0 Å². The van der Waals surface area contributed by atoms with Crippen LogP contribution in [0.4, 0.5) is 0 Å². The number of nitrogens with zero attached hydrogens (tertiary/aromatic N) is 1. The van der Waals surface area contributed by atoms with Gasteiger partial charge in [-0.05, 0) is 24.6 Å². The van der Waals surface area contributed by atoms with Gasteiger partial charge in [-0.2, -0.15) is 5.26 Å². The number of nitriles is 1. The molecule has 0 N–H and O–H groups in total. The predicted octanol–water partition coefficient (Wildman–Crippen LogP) is 3.91. The lowest BCUT2D eigenvalue weighted by molar-refractivity contribution is 0.632. The highest BCUT2D eigenvalue weighted by Crippen LogP contribution is 2.26. The van der Waals surface area contributed by atoms with E-state index in [9.17, 15) is 5.26 Å². The van der Waals surface area contributed by atoms with Crippen LogP contribution in [0, 0.1) is 23.2 Å². The Hall–Kier alpha value is -2.51. The van der Waals surface area contributed by atoms with Gasteiger partial charge in [0.1, 0.15) is 0 Å². The molecule has 0 amide bonds. The van der Waals surface area contributed by atoms with E-state index in [2.05, 4.69) is 17.9 Å². The summed E-state index contributed by atoms with van der Waals surface area (Å²) in [5.74, 6) is 6.22. The molecule has 0 aromatic heterocycles. The molecule has 0 fully saturated rings. The Labute approximate surface area is 114 Å². The van der Waals surface area contributed by atoms with Crippen molar-refractivity contribution in [2.24, 2.45) is 0 Å². The smallest absolute Gasteiger partial charge is 0.0903 e. The summed E-state index contributed by atoms with van der Waals surface area (Å²) in [4.78, 5) is 0. The van der Waals surface area contributed by atoms with E-state index >= 15 is 0 Å². The summed E-state index contributed by atoms with van der Waals surface area (Å²) in [5.41, 5.74) is 1.44. The van der Waals surface area contributed by atoms with Crippen LogP contribution in [0.3, 0.4) is 0 Å². The van der Waals surface area contributed by atoms with Crippen molar-refractivity contribution in [3.05, 3.63) is 71.8 Å². The lowest BCUT2D eigenvalue weighted by atomic mass is 9.81. The van der Waals surface area contributed by atoms with E-state index in [0.29, 0.717) is 6.42 Å². The number of benzene rings is 2. The zero-order valence-corrected chi connectivity index (χ0v) is 10.9. The first-order valence-corrected chi connectivity index (χ1v) is 6.25. The van der Waals surface area contributed by atoms with Crippen molar-refractivity contribution in [2.75, 3.05) is 0 Å². The van der Waals surface area contributed by atoms with Crippen molar-refractivity contribution in [3.8, 4) is 17.9 Å². The van der Waals surface area contributed by atoms with E-state index in [4.69, 9.17) is 0 Å². The first-order chi connectivity index (χ1) is 9.24. The van der Waals surface area contributed by atoms with Crippen LogP contribution in [0.15, 0.2) is 60.7 Å². The van der Waals surface area contributed by atoms with E-state index in [1.165, 1.54) is 0 Å². The summed E-state index contributed by atoms with van der Waals surface area (Å²) >= 11 is 0. The Morgan fingerprint density at radius 3 is 2.11 bits per heavy atom. The molecule has 1 heteroatoms. The van der Waals surface area contributed by atoms with Crippen LogP contribution in [-0.4, -0.2) is 0 Å². The van der Waals surface area contributed by atoms with Gasteiger partial charge in [0.25, 0.3) is 0 Å². The fraction of sp³-hybridized carbons (Fsp3) is 0.167. The van der Waals surface area contributed by atoms with Crippen LogP contribution < -0.4 is 0 Å². The molecule has 2 aromatic carbocycles. The maximum absolute atomic E-state index is 9.42. The third-order valence-electron chi connectivity index (χ3n) is 3.11. The van der Waals surface area contributed by atoms with Gasteiger partial charge < -0.3 is 0 Å². The summed E-state index contributed by atoms with van der Waals surface area (Å²) in [7, 11) is 0. The first-order valence-electron chi connectivity index (χ1n) is 6.25. The van der Waals surface area contributed by atoms with Crippen molar-refractivity contribution in [3.63, 3.8) is 0 Å². The molecule has 0 saturated carbocycles. The zero-order chi connectivity index (χ0) is 13.6. The molecular formula is C18H15N. The van der Waals surface area contributed by atoms with Crippen LogP contribution in [0.1, 0.15) is 24.5 Å². The van der Waals surface area contributed by atoms with Crippen molar-refractivity contribution >= 4 is 0 Å². The first kappa shape index (κ1) is 12.9. The average Bonchev–Trinajstić information content (AvgIpc) is 2.49. The summed E-state index contributed by atoms with van der Waals surface area (Å²) in [6, 6.07) is 22.0. The lowest BCUT2D eigenvalue weighted by Crippen LogP contribution is -2.18. The molecule has 0 aliphatic carbocycles. The standard InChI is InChI=1S/C18H15N/c1-18(15-19,17-12-6-3-7-13-17)14-8-11-16-9-4-2-5-10-16/h2-7,9-10,12-13H,14H2,1H3. The summed E-state index contributed by atoms with van der Waals surface area (Å²) in [6.45, 7) is 1.93. The largest absolute Gasteiger partial charge is 0.197 e. The number of hydrogen-bond donors (Lipinski definition) is 0. The molecule has 0 aliphatic heterocycles. The number of hydrogen-bond acceptors (Lipinski definition) is 1. The fourth-order valence-corrected chi connectivity index (χ4v) is 1.86. The second-order valence-corrected chi connectivity index (χ2v) is 4.65. The SMILES string of the molecule is CC(C#N)(CC#Cc1ccccc1)c1ccccc1. The molecule has 92 valence electrons. The van der Waals surface area contributed by atoms with E-state index in [1.807, 2.05) is 67.6 Å². The van der Waals surface area contributed by atoms with Gasteiger partial charge >= 0.3 is 0 Å². The Balaban J connectivity index is 2.18. The van der Waals surface area contributed by atoms with Gasteiger partial charge in [-0.25, -0.2) is 0 Å². The summed E-state index contributed by atoms with van der Waals surface area (Å²) in [5, 5.41) is 9.42. The molecule has 0 aliphatic rings. The molecule has 0 heterocycles. The van der Waals surface area contributed by atoms with E-state index in [-0.39, 0.29) is 0 Å². The second kappa shape index (κ2) is 5.89. The van der Waals surface area contributed by atoms with Gasteiger partial charge in [-0.3, -0.25) is 0 Å². The van der Waals surface area contributed by atoms with E-state index in [0.717, 1.165) is 11.1 Å².